The minimum Gasteiger partial charge on any atom is -0.399 e. The van der Waals surface area contributed by atoms with E-state index in [0.717, 1.165) is 37.7 Å². The summed E-state index contributed by atoms with van der Waals surface area (Å²) >= 11 is 0. The van der Waals surface area contributed by atoms with Crippen LogP contribution in [0.4, 0.5) is 22.7 Å². The van der Waals surface area contributed by atoms with Crippen molar-refractivity contribution in [2.45, 2.75) is 6.42 Å². The first-order chi connectivity index (χ1) is 13.9. The van der Waals surface area contributed by atoms with E-state index in [0.29, 0.717) is 39.3 Å². The molecule has 0 heterocycles. The molecular weight excluding hydrogens is 364 g/mol. The molecule has 5 aromatic carbocycles. The van der Waals surface area contributed by atoms with E-state index >= 15 is 0 Å². The van der Waals surface area contributed by atoms with Crippen molar-refractivity contribution >= 4 is 77.4 Å². The molecule has 0 bridgehead atoms. The fourth-order valence-corrected chi connectivity index (χ4v) is 4.99. The van der Waals surface area contributed by atoms with E-state index in [1.807, 2.05) is 30.3 Å². The van der Waals surface area contributed by atoms with Gasteiger partial charge in [-0.1, -0.05) is 6.07 Å². The van der Waals surface area contributed by atoms with Gasteiger partial charge in [-0.25, -0.2) is 0 Å². The Morgan fingerprint density at radius 3 is 1.76 bits per heavy atom. The second-order valence-electron chi connectivity index (χ2n) is 7.74. The number of nitrogens with two attached hydrogens (primary N) is 4. The van der Waals surface area contributed by atoms with E-state index in [1.54, 1.807) is 6.07 Å². The van der Waals surface area contributed by atoms with Crippen LogP contribution in [0.25, 0.3) is 43.1 Å². The highest BCUT2D eigenvalue weighted by atomic mass is 16.1. The molecule has 29 heavy (non-hydrogen) atoms. The lowest BCUT2D eigenvalue weighted by atomic mass is 9.80. The van der Waals surface area contributed by atoms with Gasteiger partial charge in [-0.15, -0.1) is 0 Å². The number of hydrogen-bond donors (Lipinski definition) is 4. The molecule has 1 aliphatic carbocycles. The number of Topliss-reactive ketones (excluding diaryl/α,β-unsaturated/α-hetero) is 2. The number of hydrogen-bond acceptors (Lipinski definition) is 6. The van der Waals surface area contributed by atoms with Gasteiger partial charge in [0.1, 0.15) is 0 Å². The standard InChI is InChI=1S/C23H16N4O2/c24-8-3-10-12-6-16(27)22-18(29)7-17(28)21-15(26)5-11(20(12)23(21)22)9-1-2-14(25)13(4-8)19(9)10/h1-6H,7,24-27H2. The van der Waals surface area contributed by atoms with Crippen LogP contribution in [0, 0.1) is 0 Å². The average molecular weight is 380 g/mol. The van der Waals surface area contributed by atoms with E-state index in [-0.39, 0.29) is 18.0 Å². The van der Waals surface area contributed by atoms with Crippen molar-refractivity contribution in [3.8, 4) is 0 Å². The molecule has 0 atom stereocenters. The SMILES string of the molecule is Nc1cc2c(N)ccc3c4cc(N)c5c6c(c(N)cc(c(c1)c23)c64)C(=O)CC5=O. The lowest BCUT2D eigenvalue weighted by molar-refractivity contribution is 0.0891. The maximum atomic E-state index is 12.7. The molecular formula is C23H16N4O2. The maximum Gasteiger partial charge on any atom is 0.173 e. The zero-order valence-corrected chi connectivity index (χ0v) is 15.3. The van der Waals surface area contributed by atoms with Crippen molar-refractivity contribution in [3.05, 3.63) is 47.5 Å². The van der Waals surface area contributed by atoms with Gasteiger partial charge in [0, 0.05) is 44.6 Å². The summed E-state index contributed by atoms with van der Waals surface area (Å²) in [6.07, 6.45) is -0.217. The van der Waals surface area contributed by atoms with Crippen LogP contribution >= 0.6 is 0 Å². The Bertz CT molecular complexity index is 1580. The lowest BCUT2D eigenvalue weighted by Crippen LogP contribution is -2.19. The van der Waals surface area contributed by atoms with Crippen molar-refractivity contribution < 1.29 is 9.59 Å². The molecule has 6 heteroatoms. The van der Waals surface area contributed by atoms with Crippen molar-refractivity contribution in [1.29, 1.82) is 0 Å². The number of carbonyl (C=O) groups excluding carboxylic acids is 2. The summed E-state index contributed by atoms with van der Waals surface area (Å²) in [6, 6.07) is 11.1. The predicted molar refractivity (Wildman–Crippen MR) is 119 cm³/mol. The van der Waals surface area contributed by atoms with Gasteiger partial charge in [0.2, 0.25) is 0 Å². The van der Waals surface area contributed by atoms with E-state index in [9.17, 15) is 9.59 Å². The number of nitrogen functional groups attached to an aromatic ring is 4. The third kappa shape index (κ3) is 1.76. The summed E-state index contributed by atoms with van der Waals surface area (Å²) in [5.41, 5.74) is 27.7. The Morgan fingerprint density at radius 1 is 0.552 bits per heavy atom. The molecule has 6 nitrogen and oxygen atoms in total. The number of fused-ring (bicyclic) bond motifs is 2. The summed E-state index contributed by atoms with van der Waals surface area (Å²) < 4.78 is 0. The highest BCUT2D eigenvalue weighted by Crippen LogP contribution is 2.48. The van der Waals surface area contributed by atoms with E-state index in [2.05, 4.69) is 0 Å². The Morgan fingerprint density at radius 2 is 1.10 bits per heavy atom. The normalized spacial score (nSPS) is 14.1. The van der Waals surface area contributed by atoms with E-state index in [1.165, 1.54) is 0 Å². The molecule has 0 aromatic heterocycles. The van der Waals surface area contributed by atoms with Crippen molar-refractivity contribution in [1.82, 2.24) is 0 Å². The molecule has 0 saturated carbocycles. The topological polar surface area (TPSA) is 138 Å². The largest absolute Gasteiger partial charge is 0.399 e. The minimum atomic E-state index is -0.274. The molecule has 8 N–H and O–H groups in total. The molecule has 0 unspecified atom stereocenters. The summed E-state index contributed by atoms with van der Waals surface area (Å²) in [5.74, 6) is -0.548. The molecule has 0 spiro atoms. The summed E-state index contributed by atoms with van der Waals surface area (Å²) in [4.78, 5) is 25.4. The predicted octanol–water partition coefficient (Wildman–Crippen LogP) is 3.84. The second-order valence-corrected chi connectivity index (χ2v) is 7.74. The third-order valence-corrected chi connectivity index (χ3v) is 6.10. The molecule has 0 fully saturated rings. The second kappa shape index (κ2) is 4.86. The van der Waals surface area contributed by atoms with Crippen LogP contribution in [0.2, 0.25) is 0 Å². The first-order valence-electron chi connectivity index (χ1n) is 9.24. The van der Waals surface area contributed by atoms with Gasteiger partial charge in [-0.2, -0.15) is 0 Å². The quantitative estimate of drug-likeness (QED) is 0.139. The van der Waals surface area contributed by atoms with Crippen LogP contribution in [0.15, 0.2) is 36.4 Å². The number of anilines is 4. The van der Waals surface area contributed by atoms with Gasteiger partial charge in [-0.3, -0.25) is 9.59 Å². The third-order valence-electron chi connectivity index (χ3n) is 6.10. The van der Waals surface area contributed by atoms with Crippen LogP contribution < -0.4 is 22.9 Å². The fourth-order valence-electron chi connectivity index (χ4n) is 4.99. The van der Waals surface area contributed by atoms with Crippen molar-refractivity contribution in [2.75, 3.05) is 22.9 Å². The molecule has 0 aliphatic heterocycles. The van der Waals surface area contributed by atoms with Crippen LogP contribution in [-0.2, 0) is 0 Å². The molecule has 1 aliphatic rings. The van der Waals surface area contributed by atoms with Crippen LogP contribution in [-0.4, -0.2) is 11.6 Å². The van der Waals surface area contributed by atoms with Crippen molar-refractivity contribution in [2.24, 2.45) is 0 Å². The monoisotopic (exact) mass is 380 g/mol. The molecule has 6 rings (SSSR count). The minimum absolute atomic E-state index is 0.217. The highest BCUT2D eigenvalue weighted by molar-refractivity contribution is 6.42. The maximum absolute atomic E-state index is 12.7. The van der Waals surface area contributed by atoms with E-state index in [4.69, 9.17) is 22.9 Å². The van der Waals surface area contributed by atoms with Crippen LogP contribution in [0.1, 0.15) is 27.1 Å². The Balaban J connectivity index is 2.06. The zero-order valence-electron chi connectivity index (χ0n) is 15.3. The van der Waals surface area contributed by atoms with Crippen LogP contribution in [0.5, 0.6) is 0 Å². The Labute approximate surface area is 164 Å². The van der Waals surface area contributed by atoms with E-state index < -0.39 is 0 Å². The molecule has 0 amide bonds. The smallest absolute Gasteiger partial charge is 0.173 e. The molecule has 140 valence electrons. The number of rotatable bonds is 0. The Hall–Kier alpha value is -4.06. The van der Waals surface area contributed by atoms with Crippen molar-refractivity contribution in [3.63, 3.8) is 0 Å². The van der Waals surface area contributed by atoms with Gasteiger partial charge >= 0.3 is 0 Å². The van der Waals surface area contributed by atoms with Gasteiger partial charge in [0.05, 0.1) is 6.42 Å². The summed E-state index contributed by atoms with van der Waals surface area (Å²) in [7, 11) is 0. The average Bonchev–Trinajstić information content (AvgIpc) is 2.65. The lowest BCUT2D eigenvalue weighted by Gasteiger charge is -2.23. The molecule has 0 saturated heterocycles. The summed E-state index contributed by atoms with van der Waals surface area (Å²) in [6.45, 7) is 0. The number of ketones is 2. The van der Waals surface area contributed by atoms with Gasteiger partial charge in [0.25, 0.3) is 0 Å². The summed E-state index contributed by atoms with van der Waals surface area (Å²) in [5, 5.41) is 6.68. The van der Waals surface area contributed by atoms with Crippen LogP contribution in [0.3, 0.4) is 0 Å². The number of carbonyl (C=O) groups is 2. The number of benzene rings is 5. The van der Waals surface area contributed by atoms with Gasteiger partial charge in [-0.05, 0) is 62.6 Å². The Kier molecular flexibility index (Phi) is 2.67. The van der Waals surface area contributed by atoms with Gasteiger partial charge in [0.15, 0.2) is 11.6 Å². The molecule has 0 radical (unpaired) electrons. The fraction of sp³-hybridized carbons (Fsp3) is 0.0435. The first kappa shape index (κ1) is 15.9. The van der Waals surface area contributed by atoms with Gasteiger partial charge < -0.3 is 22.9 Å². The zero-order chi connectivity index (χ0) is 20.2. The molecule has 5 aromatic rings. The highest BCUT2D eigenvalue weighted by Gasteiger charge is 2.31. The first-order valence-corrected chi connectivity index (χ1v) is 9.24.